The maximum Gasteiger partial charge on any atom is 0.349 e. The van der Waals surface area contributed by atoms with E-state index < -0.39 is 11.5 Å². The minimum Gasteiger partial charge on any atom is -0.477 e. The molecule has 10 heteroatoms. The molecule has 0 radical (unpaired) electrons. The molecule has 0 saturated carbocycles. The summed E-state index contributed by atoms with van der Waals surface area (Å²) in [5.74, 6) is -1.51. The Labute approximate surface area is 177 Å². The second kappa shape index (κ2) is 10.4. The van der Waals surface area contributed by atoms with E-state index in [0.29, 0.717) is 11.4 Å². The molecule has 2 aromatic rings. The van der Waals surface area contributed by atoms with E-state index in [2.05, 4.69) is 10.6 Å². The van der Waals surface area contributed by atoms with Crippen molar-refractivity contribution in [1.29, 1.82) is 5.26 Å². The largest absolute Gasteiger partial charge is 0.477 e. The number of aliphatic carboxylic acids is 1. The summed E-state index contributed by atoms with van der Waals surface area (Å²) in [4.78, 5) is 37.7. The molecule has 158 valence electrons. The number of hydrogen-bond acceptors (Lipinski definition) is 7. The van der Waals surface area contributed by atoms with Gasteiger partial charge in [-0.15, -0.1) is 11.3 Å². The number of anilines is 2. The van der Waals surface area contributed by atoms with Crippen LogP contribution in [0.25, 0.3) is 11.8 Å². The molecule has 9 nitrogen and oxygen atoms in total. The lowest BCUT2D eigenvalue weighted by Gasteiger charge is -2.13. The van der Waals surface area contributed by atoms with Gasteiger partial charge in [-0.05, 0) is 38.7 Å². The molecule has 0 unspecified atom stereocenters. The topological polar surface area (TPSA) is 127 Å². The van der Waals surface area contributed by atoms with Crippen LogP contribution in [0.2, 0.25) is 0 Å². The van der Waals surface area contributed by atoms with Crippen LogP contribution in [-0.4, -0.2) is 46.6 Å². The zero-order valence-corrected chi connectivity index (χ0v) is 17.7. The number of carboxylic acid groups (broad SMARTS) is 1. The van der Waals surface area contributed by atoms with Gasteiger partial charge in [0.15, 0.2) is 5.57 Å². The van der Waals surface area contributed by atoms with Gasteiger partial charge in [0.05, 0.1) is 6.54 Å². The van der Waals surface area contributed by atoms with E-state index in [9.17, 15) is 19.5 Å². The van der Waals surface area contributed by atoms with Gasteiger partial charge < -0.3 is 15.7 Å². The molecule has 0 saturated heterocycles. The van der Waals surface area contributed by atoms with Crippen LogP contribution >= 0.6 is 11.3 Å². The number of aromatic nitrogens is 1. The van der Waals surface area contributed by atoms with Crippen LogP contribution in [0.3, 0.4) is 0 Å². The standard InChI is InChI=1S/C20H23N5O4S/c1-4-24(3)12-17(26)23-14-8-6-7-13(9-14)22-11-16-18(27)25(5-2)19(30-16)15(10-21)20(28)29/h6-9,11,22H,4-5,12H2,1-3H3,(H,23,26)(H,28,29)/b16-11+,19-15-. The highest BCUT2D eigenvalue weighted by Crippen LogP contribution is 2.15. The molecular weight excluding hydrogens is 406 g/mol. The highest BCUT2D eigenvalue weighted by atomic mass is 32.1. The number of hydrogen-bond donors (Lipinski definition) is 3. The zero-order chi connectivity index (χ0) is 22.3. The van der Waals surface area contributed by atoms with Crippen LogP contribution in [0.5, 0.6) is 0 Å². The first-order valence-corrected chi connectivity index (χ1v) is 10.0. The highest BCUT2D eigenvalue weighted by molar-refractivity contribution is 7.07. The van der Waals surface area contributed by atoms with Crippen molar-refractivity contribution in [2.24, 2.45) is 0 Å². The number of benzene rings is 1. The fourth-order valence-corrected chi connectivity index (χ4v) is 3.65. The first-order chi connectivity index (χ1) is 14.3. The van der Waals surface area contributed by atoms with Crippen LogP contribution in [0.15, 0.2) is 29.1 Å². The quantitative estimate of drug-likeness (QED) is 0.555. The number of nitrogens with one attached hydrogen (secondary N) is 2. The molecule has 3 N–H and O–H groups in total. The molecule has 2 rings (SSSR count). The first-order valence-electron chi connectivity index (χ1n) is 9.23. The van der Waals surface area contributed by atoms with Gasteiger partial charge in [-0.1, -0.05) is 13.0 Å². The maximum atomic E-state index is 12.6. The summed E-state index contributed by atoms with van der Waals surface area (Å²) in [5.41, 5.74) is 0.384. The number of nitriles is 1. The molecule has 0 fully saturated rings. The number of carboxylic acids is 1. The zero-order valence-electron chi connectivity index (χ0n) is 16.9. The number of likely N-dealkylation sites (N-methyl/N-ethyl adjacent to an activating group) is 1. The van der Waals surface area contributed by atoms with Crippen LogP contribution in [0.4, 0.5) is 11.4 Å². The van der Waals surface area contributed by atoms with E-state index in [-0.39, 0.29) is 33.8 Å². The van der Waals surface area contributed by atoms with Crippen LogP contribution in [0.1, 0.15) is 13.8 Å². The summed E-state index contributed by atoms with van der Waals surface area (Å²) in [6, 6.07) is 8.63. The lowest BCUT2D eigenvalue weighted by molar-refractivity contribution is -0.130. The van der Waals surface area contributed by atoms with Gasteiger partial charge in [0.1, 0.15) is 15.3 Å². The summed E-state index contributed by atoms with van der Waals surface area (Å²) in [5, 5.41) is 24.1. The minimum atomic E-state index is -1.38. The number of nitrogens with zero attached hydrogens (tertiary/aromatic N) is 3. The average molecular weight is 430 g/mol. The predicted octanol–water partition coefficient (Wildman–Crippen LogP) is 0.429. The molecule has 1 aromatic carbocycles. The molecule has 0 aliphatic heterocycles. The predicted molar refractivity (Wildman–Crippen MR) is 116 cm³/mol. The minimum absolute atomic E-state index is 0.103. The number of amides is 1. The van der Waals surface area contributed by atoms with Crippen LogP contribution < -0.4 is 25.4 Å². The van der Waals surface area contributed by atoms with Gasteiger partial charge >= 0.3 is 5.97 Å². The second-order valence-corrected chi connectivity index (χ2v) is 7.39. The molecule has 1 amide bonds. The fourth-order valence-electron chi connectivity index (χ4n) is 2.57. The molecule has 0 bridgehead atoms. The first kappa shape index (κ1) is 22.9. The molecule has 30 heavy (non-hydrogen) atoms. The Morgan fingerprint density at radius 1 is 1.33 bits per heavy atom. The van der Waals surface area contributed by atoms with E-state index in [1.54, 1.807) is 37.3 Å². The van der Waals surface area contributed by atoms with Crippen molar-refractivity contribution in [3.8, 4) is 6.07 Å². The van der Waals surface area contributed by atoms with Crippen LogP contribution in [0, 0.1) is 11.3 Å². The summed E-state index contributed by atoms with van der Waals surface area (Å²) in [6.07, 6.45) is 1.46. The number of thiazole rings is 1. The molecule has 1 heterocycles. The van der Waals surface area contributed by atoms with Crippen molar-refractivity contribution in [2.45, 2.75) is 20.4 Å². The Balaban J connectivity index is 2.32. The van der Waals surface area contributed by atoms with E-state index in [0.717, 1.165) is 17.9 Å². The Kier molecular flexibility index (Phi) is 7.91. The average Bonchev–Trinajstić information content (AvgIpc) is 3.01. The molecule has 1 aromatic heterocycles. The van der Waals surface area contributed by atoms with Gasteiger partial charge in [-0.2, -0.15) is 5.26 Å². The van der Waals surface area contributed by atoms with Crippen molar-refractivity contribution < 1.29 is 14.7 Å². The fraction of sp³-hybridized carbons (Fsp3) is 0.300. The molecule has 0 aliphatic carbocycles. The molecule has 0 aliphatic rings. The number of carbonyl (C=O) groups is 2. The SMILES string of the molecule is CCN(C)CC(=O)Nc1cccc(N/C=c2/s/c(=C(/C#N)C(=O)O)n(CC)c2=O)c1. The summed E-state index contributed by atoms with van der Waals surface area (Å²) >= 11 is 0.932. The lowest BCUT2D eigenvalue weighted by atomic mass is 10.2. The molecule has 0 spiro atoms. The van der Waals surface area contributed by atoms with Gasteiger partial charge in [0.25, 0.3) is 5.56 Å². The van der Waals surface area contributed by atoms with Crippen molar-refractivity contribution in [1.82, 2.24) is 9.47 Å². The van der Waals surface area contributed by atoms with Gasteiger partial charge in [-0.3, -0.25) is 19.1 Å². The van der Waals surface area contributed by atoms with Gasteiger partial charge in [-0.25, -0.2) is 4.79 Å². The van der Waals surface area contributed by atoms with Crippen LogP contribution in [-0.2, 0) is 16.1 Å². The van der Waals surface area contributed by atoms with E-state index in [4.69, 9.17) is 5.26 Å². The van der Waals surface area contributed by atoms with Crippen molar-refractivity contribution in [3.63, 3.8) is 0 Å². The second-order valence-electron chi connectivity index (χ2n) is 6.36. The number of rotatable bonds is 8. The van der Waals surface area contributed by atoms with Gasteiger partial charge in [0.2, 0.25) is 5.91 Å². The van der Waals surface area contributed by atoms with E-state index >= 15 is 0 Å². The third kappa shape index (κ3) is 5.56. The molecular formula is C20H23N5O4S. The Bertz CT molecular complexity index is 1160. The van der Waals surface area contributed by atoms with E-state index in [1.165, 1.54) is 10.8 Å². The lowest BCUT2D eigenvalue weighted by Crippen LogP contribution is -2.32. The van der Waals surface area contributed by atoms with Crippen molar-refractivity contribution in [3.05, 3.63) is 43.8 Å². The third-order valence-electron chi connectivity index (χ3n) is 4.23. The summed E-state index contributed by atoms with van der Waals surface area (Å²) in [7, 11) is 1.85. The summed E-state index contributed by atoms with van der Waals surface area (Å²) in [6.45, 7) is 4.94. The normalized spacial score (nSPS) is 12.4. The van der Waals surface area contributed by atoms with Crippen molar-refractivity contribution in [2.75, 3.05) is 30.8 Å². The Morgan fingerprint density at radius 2 is 2.03 bits per heavy atom. The summed E-state index contributed by atoms with van der Waals surface area (Å²) < 4.78 is 1.62. The Hall–Kier alpha value is -3.42. The monoisotopic (exact) mass is 429 g/mol. The highest BCUT2D eigenvalue weighted by Gasteiger charge is 2.13. The van der Waals surface area contributed by atoms with Crippen molar-refractivity contribution >= 4 is 46.4 Å². The maximum absolute atomic E-state index is 12.6. The van der Waals surface area contributed by atoms with Gasteiger partial charge in [0, 0.05) is 24.1 Å². The smallest absolute Gasteiger partial charge is 0.349 e. The third-order valence-corrected chi connectivity index (χ3v) is 5.36. The molecule has 0 atom stereocenters. The number of carbonyl (C=O) groups excluding carboxylic acids is 1. The Morgan fingerprint density at radius 3 is 2.63 bits per heavy atom. The van der Waals surface area contributed by atoms with E-state index in [1.807, 2.05) is 18.9 Å².